The summed E-state index contributed by atoms with van der Waals surface area (Å²) in [6.07, 6.45) is -0.924. The number of aromatic hydroxyl groups is 2. The van der Waals surface area contributed by atoms with Gasteiger partial charge in [-0.05, 0) is 44.4 Å². The number of hydrogen-bond donors (Lipinski definition) is 4. The average molecular weight is 397 g/mol. The Hall–Kier alpha value is -2.97. The molecule has 1 amide bonds. The number of alkyl carbamates (subject to hydrolysis) is 1. The first-order valence-electron chi connectivity index (χ1n) is 8.69. The Morgan fingerprint density at radius 1 is 1.14 bits per heavy atom. The normalized spacial score (nSPS) is 14.5. The van der Waals surface area contributed by atoms with E-state index in [1.807, 2.05) is 0 Å². The lowest BCUT2D eigenvalue weighted by molar-refractivity contribution is -0.143. The molecule has 0 radical (unpaired) electrons. The first kappa shape index (κ1) is 23.1. The molecule has 0 heterocycles. The van der Waals surface area contributed by atoms with E-state index in [0.717, 1.165) is 0 Å². The minimum Gasteiger partial charge on any atom is -0.504 e. The van der Waals surface area contributed by atoms with Crippen molar-refractivity contribution in [2.75, 3.05) is 6.61 Å². The number of rotatable bonds is 7. The third-order valence-electron chi connectivity index (χ3n) is 3.84. The second-order valence-corrected chi connectivity index (χ2v) is 7.52. The molecule has 0 aliphatic carbocycles. The van der Waals surface area contributed by atoms with Crippen LogP contribution in [0.25, 0.3) is 0 Å². The highest BCUT2D eigenvalue weighted by molar-refractivity contribution is 5.81. The molecule has 9 heteroatoms. The number of hydrogen-bond acceptors (Lipinski definition) is 7. The third-order valence-corrected chi connectivity index (χ3v) is 3.84. The van der Waals surface area contributed by atoms with Crippen molar-refractivity contribution in [3.05, 3.63) is 23.8 Å². The molecule has 1 rings (SSSR count). The van der Waals surface area contributed by atoms with Gasteiger partial charge in [-0.1, -0.05) is 13.0 Å². The zero-order valence-corrected chi connectivity index (χ0v) is 16.6. The molecule has 2 unspecified atom stereocenters. The Labute approximate surface area is 163 Å². The number of carboxylic acids is 1. The number of nitrogens with one attached hydrogen (secondary N) is 1. The quantitative estimate of drug-likeness (QED) is 0.406. The molecule has 0 spiro atoms. The third kappa shape index (κ3) is 6.98. The summed E-state index contributed by atoms with van der Waals surface area (Å²) in [6.45, 7) is 7.68. The van der Waals surface area contributed by atoms with Crippen molar-refractivity contribution in [2.24, 2.45) is 5.92 Å². The summed E-state index contributed by atoms with van der Waals surface area (Å²) in [5, 5.41) is 31.4. The van der Waals surface area contributed by atoms with E-state index in [4.69, 9.17) is 9.47 Å². The zero-order chi connectivity index (χ0) is 21.6. The number of carbonyl (C=O) groups excluding carboxylic acids is 2. The second kappa shape index (κ2) is 9.29. The van der Waals surface area contributed by atoms with Gasteiger partial charge in [-0.3, -0.25) is 4.79 Å². The Balaban J connectivity index is 3.27. The van der Waals surface area contributed by atoms with Crippen LogP contribution in [0.4, 0.5) is 4.79 Å². The molecular formula is C19H27NO8. The summed E-state index contributed by atoms with van der Waals surface area (Å²) in [7, 11) is 0. The number of ether oxygens (including phenoxy) is 2. The van der Waals surface area contributed by atoms with Crippen molar-refractivity contribution in [1.82, 2.24) is 5.32 Å². The molecule has 28 heavy (non-hydrogen) atoms. The lowest BCUT2D eigenvalue weighted by Crippen LogP contribution is -2.48. The van der Waals surface area contributed by atoms with Crippen LogP contribution in [0.3, 0.4) is 0 Å². The van der Waals surface area contributed by atoms with Crippen molar-refractivity contribution in [2.45, 2.75) is 52.2 Å². The molecule has 1 aromatic rings. The molecule has 0 saturated carbocycles. The molecular weight excluding hydrogens is 370 g/mol. The van der Waals surface area contributed by atoms with Crippen molar-refractivity contribution in [3.63, 3.8) is 0 Å². The van der Waals surface area contributed by atoms with Crippen LogP contribution in [0.5, 0.6) is 11.5 Å². The monoisotopic (exact) mass is 397 g/mol. The fourth-order valence-electron chi connectivity index (χ4n) is 2.69. The molecule has 9 nitrogen and oxygen atoms in total. The van der Waals surface area contributed by atoms with Gasteiger partial charge in [0.2, 0.25) is 0 Å². The number of carboxylic acid groups (broad SMARTS) is 1. The van der Waals surface area contributed by atoms with Gasteiger partial charge in [-0.15, -0.1) is 0 Å². The molecule has 0 fully saturated rings. The number of benzene rings is 1. The van der Waals surface area contributed by atoms with E-state index in [0.29, 0.717) is 5.56 Å². The van der Waals surface area contributed by atoms with Crippen molar-refractivity contribution in [3.8, 4) is 11.5 Å². The maximum atomic E-state index is 12.1. The van der Waals surface area contributed by atoms with E-state index >= 15 is 0 Å². The van der Waals surface area contributed by atoms with E-state index in [-0.39, 0.29) is 12.4 Å². The summed E-state index contributed by atoms with van der Waals surface area (Å²) < 4.78 is 10.1. The summed E-state index contributed by atoms with van der Waals surface area (Å²) in [5.74, 6) is -4.13. The lowest BCUT2D eigenvalue weighted by Gasteiger charge is -2.31. The zero-order valence-electron chi connectivity index (χ0n) is 16.6. The van der Waals surface area contributed by atoms with Gasteiger partial charge in [0.15, 0.2) is 11.5 Å². The molecule has 156 valence electrons. The van der Waals surface area contributed by atoms with Crippen LogP contribution in [0.15, 0.2) is 18.2 Å². The van der Waals surface area contributed by atoms with E-state index in [2.05, 4.69) is 5.32 Å². The minimum atomic E-state index is -1.44. The highest BCUT2D eigenvalue weighted by Crippen LogP contribution is 2.34. The van der Waals surface area contributed by atoms with Gasteiger partial charge in [-0.25, -0.2) is 9.59 Å². The topological polar surface area (TPSA) is 142 Å². The largest absolute Gasteiger partial charge is 0.504 e. The summed E-state index contributed by atoms with van der Waals surface area (Å²) >= 11 is 0. The standard InChI is InChI=1S/C19H27NO8/c1-10(9-27-11(2)21)15(12-6-7-13(22)14(23)8-12)16(17(24)25)20-18(26)28-19(3,4)5/h6-8,10,15-16,22-23H,9H2,1-5H3,(H,20,26)(H,24,25)/t10?,15?,16-/m0/s1. The second-order valence-electron chi connectivity index (χ2n) is 7.52. The predicted octanol–water partition coefficient (Wildman–Crippen LogP) is 2.36. The predicted molar refractivity (Wildman–Crippen MR) is 99.1 cm³/mol. The van der Waals surface area contributed by atoms with Crippen molar-refractivity contribution in [1.29, 1.82) is 0 Å². The van der Waals surface area contributed by atoms with E-state index in [9.17, 15) is 29.7 Å². The summed E-state index contributed by atoms with van der Waals surface area (Å²) in [5.41, 5.74) is -0.499. The number of phenols is 2. The van der Waals surface area contributed by atoms with Gasteiger partial charge in [0.05, 0.1) is 6.61 Å². The Kier molecular flexibility index (Phi) is 7.66. The maximum Gasteiger partial charge on any atom is 0.408 e. The molecule has 0 aliphatic rings. The molecule has 4 N–H and O–H groups in total. The van der Waals surface area contributed by atoms with E-state index < -0.39 is 47.3 Å². The van der Waals surface area contributed by atoms with Crippen LogP contribution in [0, 0.1) is 5.92 Å². The van der Waals surface area contributed by atoms with Crippen LogP contribution in [0.1, 0.15) is 46.1 Å². The van der Waals surface area contributed by atoms with Gasteiger partial charge in [-0.2, -0.15) is 0 Å². The lowest BCUT2D eigenvalue weighted by atomic mass is 9.81. The van der Waals surface area contributed by atoms with Gasteiger partial charge >= 0.3 is 18.0 Å². The van der Waals surface area contributed by atoms with Crippen LogP contribution in [-0.4, -0.2) is 51.6 Å². The molecule has 0 bridgehead atoms. The van der Waals surface area contributed by atoms with Crippen LogP contribution in [0.2, 0.25) is 0 Å². The number of amides is 1. The fraction of sp³-hybridized carbons (Fsp3) is 0.526. The van der Waals surface area contributed by atoms with Crippen molar-refractivity contribution >= 4 is 18.0 Å². The number of phenolic OH excluding ortho intramolecular Hbond substituents is 2. The van der Waals surface area contributed by atoms with Gasteiger partial charge in [0, 0.05) is 12.8 Å². The molecule has 0 aromatic heterocycles. The number of aliphatic carboxylic acids is 1. The number of esters is 1. The Bertz CT molecular complexity index is 725. The Morgan fingerprint density at radius 2 is 1.75 bits per heavy atom. The highest BCUT2D eigenvalue weighted by atomic mass is 16.6. The summed E-state index contributed by atoms with van der Waals surface area (Å²) in [4.78, 5) is 35.2. The highest BCUT2D eigenvalue weighted by Gasteiger charge is 2.36. The SMILES string of the molecule is CC(=O)OCC(C)C(c1ccc(O)c(O)c1)[C@H](NC(=O)OC(C)(C)C)C(=O)O. The van der Waals surface area contributed by atoms with Crippen LogP contribution in [-0.2, 0) is 19.1 Å². The van der Waals surface area contributed by atoms with E-state index in [1.54, 1.807) is 27.7 Å². The smallest absolute Gasteiger partial charge is 0.408 e. The average Bonchev–Trinajstić information content (AvgIpc) is 2.53. The maximum absolute atomic E-state index is 12.1. The Morgan fingerprint density at radius 3 is 2.21 bits per heavy atom. The summed E-state index contributed by atoms with van der Waals surface area (Å²) in [6, 6.07) is 2.40. The van der Waals surface area contributed by atoms with Gasteiger partial charge in [0.1, 0.15) is 11.6 Å². The minimum absolute atomic E-state index is 0.110. The molecule has 1 aromatic carbocycles. The van der Waals surface area contributed by atoms with Crippen molar-refractivity contribution < 1.29 is 39.2 Å². The molecule has 0 aliphatic heterocycles. The van der Waals surface area contributed by atoms with Crippen LogP contribution < -0.4 is 5.32 Å². The van der Waals surface area contributed by atoms with E-state index in [1.165, 1.54) is 25.1 Å². The first-order valence-corrected chi connectivity index (χ1v) is 8.69. The molecule has 3 atom stereocenters. The van der Waals surface area contributed by atoms with Gasteiger partial charge in [0.25, 0.3) is 0 Å². The molecule has 0 saturated heterocycles. The van der Waals surface area contributed by atoms with Gasteiger partial charge < -0.3 is 30.1 Å². The first-order chi connectivity index (χ1) is 12.8. The van der Waals surface area contributed by atoms with Crippen LogP contribution >= 0.6 is 0 Å². The fourth-order valence-corrected chi connectivity index (χ4v) is 2.69. The number of carbonyl (C=O) groups is 3.